The van der Waals surface area contributed by atoms with Crippen LogP contribution in [-0.4, -0.2) is 88.7 Å². The zero-order chi connectivity index (χ0) is 25.9. The van der Waals surface area contributed by atoms with Gasteiger partial charge in [-0.3, -0.25) is 4.79 Å². The van der Waals surface area contributed by atoms with E-state index < -0.39 is 20.0 Å². The van der Waals surface area contributed by atoms with Gasteiger partial charge in [-0.1, -0.05) is 18.2 Å². The topological polar surface area (TPSA) is 104 Å². The van der Waals surface area contributed by atoms with Crippen molar-refractivity contribution in [3.63, 3.8) is 0 Å². The molecule has 2 fully saturated rings. The van der Waals surface area contributed by atoms with Crippen LogP contribution in [-0.2, 0) is 29.6 Å². The van der Waals surface area contributed by atoms with Crippen LogP contribution in [0.1, 0.15) is 16.7 Å². The molecule has 0 unspecified atom stereocenters. The molecule has 2 saturated heterocycles. The summed E-state index contributed by atoms with van der Waals surface area (Å²) in [7, 11) is -7.18. The van der Waals surface area contributed by atoms with E-state index in [-0.39, 0.29) is 28.8 Å². The lowest BCUT2D eigenvalue weighted by Crippen LogP contribution is -2.50. The second kappa shape index (κ2) is 10.8. The summed E-state index contributed by atoms with van der Waals surface area (Å²) < 4.78 is 59.5. The van der Waals surface area contributed by atoms with Crippen LogP contribution in [0.15, 0.2) is 58.3 Å². The molecule has 2 aromatic carbocycles. The quantitative estimate of drug-likeness (QED) is 0.525. The van der Waals surface area contributed by atoms with Crippen LogP contribution >= 0.6 is 0 Å². The highest BCUT2D eigenvalue weighted by molar-refractivity contribution is 7.89. The van der Waals surface area contributed by atoms with Crippen molar-refractivity contribution in [3.05, 3.63) is 65.2 Å². The predicted octanol–water partition coefficient (Wildman–Crippen LogP) is 1.87. The number of morpholine rings is 1. The van der Waals surface area contributed by atoms with Gasteiger partial charge in [0.1, 0.15) is 0 Å². The van der Waals surface area contributed by atoms with Gasteiger partial charge in [0.25, 0.3) is 0 Å². The molecule has 11 heteroatoms. The number of sulfonamides is 2. The molecule has 0 aromatic heterocycles. The van der Waals surface area contributed by atoms with E-state index in [1.807, 2.05) is 13.8 Å². The Bertz CT molecular complexity index is 1340. The first-order chi connectivity index (χ1) is 17.1. The van der Waals surface area contributed by atoms with Crippen molar-refractivity contribution in [3.8, 4) is 0 Å². The monoisotopic (exact) mass is 533 g/mol. The zero-order valence-electron chi connectivity index (χ0n) is 20.5. The molecular weight excluding hydrogens is 502 g/mol. The van der Waals surface area contributed by atoms with Gasteiger partial charge in [0.05, 0.1) is 23.0 Å². The van der Waals surface area contributed by atoms with E-state index in [1.54, 1.807) is 41.3 Å². The molecule has 4 rings (SSSR count). The Kier molecular flexibility index (Phi) is 7.96. The number of carbonyl (C=O) groups is 1. The summed E-state index contributed by atoms with van der Waals surface area (Å²) >= 11 is 0. The van der Waals surface area contributed by atoms with Gasteiger partial charge in [-0.2, -0.15) is 8.61 Å². The van der Waals surface area contributed by atoms with Gasteiger partial charge in [-0.05, 0) is 60.9 Å². The second-order valence-electron chi connectivity index (χ2n) is 8.89. The highest BCUT2D eigenvalue weighted by Gasteiger charge is 2.30. The molecule has 0 aliphatic carbocycles. The number of piperazine rings is 1. The molecule has 194 valence electrons. The SMILES string of the molecule is Cc1ccc(S(=O)(=O)N2CCN(C(=O)/C=C/c3ccc(S(=O)(=O)N4CCOCC4)cc3)CC2)cc1C. The third-order valence-electron chi connectivity index (χ3n) is 6.57. The van der Waals surface area contributed by atoms with Gasteiger partial charge in [0.15, 0.2) is 0 Å². The van der Waals surface area contributed by atoms with Crippen LogP contribution in [0.4, 0.5) is 0 Å². The summed E-state index contributed by atoms with van der Waals surface area (Å²) in [6, 6.07) is 11.5. The lowest BCUT2D eigenvalue weighted by Gasteiger charge is -2.33. The third kappa shape index (κ3) is 5.70. The highest BCUT2D eigenvalue weighted by atomic mass is 32.2. The van der Waals surface area contributed by atoms with Crippen LogP contribution in [0.5, 0.6) is 0 Å². The summed E-state index contributed by atoms with van der Waals surface area (Å²) in [5, 5.41) is 0. The largest absolute Gasteiger partial charge is 0.379 e. The van der Waals surface area contributed by atoms with Crippen LogP contribution in [0.2, 0.25) is 0 Å². The summed E-state index contributed by atoms with van der Waals surface area (Å²) in [5.74, 6) is -0.219. The number of hydrogen-bond acceptors (Lipinski definition) is 6. The highest BCUT2D eigenvalue weighted by Crippen LogP contribution is 2.21. The van der Waals surface area contributed by atoms with Crippen LogP contribution in [0.3, 0.4) is 0 Å². The molecule has 0 bridgehead atoms. The van der Waals surface area contributed by atoms with Crippen LogP contribution in [0.25, 0.3) is 6.08 Å². The molecule has 9 nitrogen and oxygen atoms in total. The molecule has 2 aromatic rings. The van der Waals surface area contributed by atoms with Crippen LogP contribution in [0, 0.1) is 13.8 Å². The standard InChI is InChI=1S/C25H31N3O6S2/c1-20-3-7-24(19-21(20)2)36(32,33)27-13-11-26(12-14-27)25(29)10-6-22-4-8-23(9-5-22)35(30,31)28-15-17-34-18-16-28/h3-10,19H,11-18H2,1-2H3/b10-6+. The van der Waals surface area contributed by atoms with E-state index in [4.69, 9.17) is 4.74 Å². The number of carbonyl (C=O) groups excluding carboxylic acids is 1. The number of amides is 1. The summed E-state index contributed by atoms with van der Waals surface area (Å²) in [6.45, 7) is 6.29. The molecule has 0 atom stereocenters. The van der Waals surface area contributed by atoms with Crippen molar-refractivity contribution in [1.29, 1.82) is 0 Å². The van der Waals surface area contributed by atoms with Gasteiger partial charge in [0.2, 0.25) is 26.0 Å². The Hall–Kier alpha value is -2.57. The number of ether oxygens (including phenoxy) is 1. The van der Waals surface area contributed by atoms with Crippen molar-refractivity contribution in [2.45, 2.75) is 23.6 Å². The molecule has 2 heterocycles. The van der Waals surface area contributed by atoms with E-state index in [9.17, 15) is 21.6 Å². The van der Waals surface area contributed by atoms with Crippen molar-refractivity contribution in [2.75, 3.05) is 52.5 Å². The Balaban J connectivity index is 1.34. The number of benzene rings is 2. The molecule has 0 N–H and O–H groups in total. The normalized spacial score (nSPS) is 18.6. The van der Waals surface area contributed by atoms with E-state index >= 15 is 0 Å². The second-order valence-corrected chi connectivity index (χ2v) is 12.8. The lowest BCUT2D eigenvalue weighted by atomic mass is 10.1. The van der Waals surface area contributed by atoms with Gasteiger partial charge < -0.3 is 9.64 Å². The minimum atomic E-state index is -3.61. The minimum absolute atomic E-state index is 0.203. The van der Waals surface area contributed by atoms with Crippen molar-refractivity contribution in [1.82, 2.24) is 13.5 Å². The number of aryl methyl sites for hydroxylation is 2. The van der Waals surface area contributed by atoms with Crippen molar-refractivity contribution >= 4 is 32.0 Å². The molecule has 0 radical (unpaired) electrons. The van der Waals surface area contributed by atoms with Crippen LogP contribution < -0.4 is 0 Å². The number of nitrogens with zero attached hydrogens (tertiary/aromatic N) is 3. The Morgan fingerprint density at radius 3 is 1.92 bits per heavy atom. The number of rotatable bonds is 6. The fourth-order valence-corrected chi connectivity index (χ4v) is 7.05. The maximum absolute atomic E-state index is 13.0. The first-order valence-corrected chi connectivity index (χ1v) is 14.7. The fourth-order valence-electron chi connectivity index (χ4n) is 4.13. The Morgan fingerprint density at radius 1 is 0.750 bits per heavy atom. The smallest absolute Gasteiger partial charge is 0.246 e. The maximum atomic E-state index is 13.0. The average Bonchev–Trinajstić information content (AvgIpc) is 2.89. The van der Waals surface area contributed by atoms with E-state index in [1.165, 1.54) is 26.8 Å². The van der Waals surface area contributed by atoms with Crippen molar-refractivity contribution < 1.29 is 26.4 Å². The van der Waals surface area contributed by atoms with Gasteiger partial charge >= 0.3 is 0 Å². The molecule has 0 spiro atoms. The summed E-state index contributed by atoms with van der Waals surface area (Å²) in [5.41, 5.74) is 2.64. The molecule has 0 saturated carbocycles. The lowest BCUT2D eigenvalue weighted by molar-refractivity contribution is -0.127. The van der Waals surface area contributed by atoms with E-state index in [0.717, 1.165) is 11.1 Å². The van der Waals surface area contributed by atoms with E-state index in [2.05, 4.69) is 0 Å². The average molecular weight is 534 g/mol. The molecule has 2 aliphatic heterocycles. The predicted molar refractivity (Wildman–Crippen MR) is 136 cm³/mol. The Morgan fingerprint density at radius 2 is 1.31 bits per heavy atom. The van der Waals surface area contributed by atoms with E-state index in [0.29, 0.717) is 45.0 Å². The van der Waals surface area contributed by atoms with Gasteiger partial charge in [-0.15, -0.1) is 0 Å². The van der Waals surface area contributed by atoms with Crippen molar-refractivity contribution in [2.24, 2.45) is 0 Å². The first kappa shape index (κ1) is 26.5. The zero-order valence-corrected chi connectivity index (χ0v) is 22.1. The van der Waals surface area contributed by atoms with Gasteiger partial charge in [-0.25, -0.2) is 16.8 Å². The Labute approximate surface area is 213 Å². The molecule has 36 heavy (non-hydrogen) atoms. The minimum Gasteiger partial charge on any atom is -0.379 e. The first-order valence-electron chi connectivity index (χ1n) is 11.8. The fraction of sp³-hybridized carbons (Fsp3) is 0.400. The third-order valence-corrected chi connectivity index (χ3v) is 10.4. The summed E-state index contributed by atoms with van der Waals surface area (Å²) in [6.07, 6.45) is 3.06. The molecule has 2 aliphatic rings. The summed E-state index contributed by atoms with van der Waals surface area (Å²) in [4.78, 5) is 14.8. The maximum Gasteiger partial charge on any atom is 0.246 e. The number of hydrogen-bond donors (Lipinski definition) is 0. The molecule has 1 amide bonds. The molecular formula is C25H31N3O6S2. The van der Waals surface area contributed by atoms with Gasteiger partial charge in [0, 0.05) is 45.3 Å².